The second-order valence-corrected chi connectivity index (χ2v) is 6.36. The van der Waals surface area contributed by atoms with E-state index in [1.165, 1.54) is 12.1 Å². The summed E-state index contributed by atoms with van der Waals surface area (Å²) in [4.78, 5) is 12.2. The van der Waals surface area contributed by atoms with Crippen molar-refractivity contribution in [3.05, 3.63) is 53.8 Å². The standard InChI is InChI=1S/C19H14F9NO3/c20-11-3-1-2-10(4-11)15(30)29-12-5-13(31-8-18(25,26)16(21)22)7-14(6-12)32-9-19(27,28)17(23)24/h1-7,16-17H,8-9H2,(H,29,30). The maximum Gasteiger partial charge on any atom is 0.340 e. The summed E-state index contributed by atoms with van der Waals surface area (Å²) in [6, 6.07) is 6.72. The van der Waals surface area contributed by atoms with E-state index in [4.69, 9.17) is 0 Å². The number of benzene rings is 2. The van der Waals surface area contributed by atoms with Gasteiger partial charge in [0, 0.05) is 29.4 Å². The zero-order valence-electron chi connectivity index (χ0n) is 15.7. The van der Waals surface area contributed by atoms with Gasteiger partial charge in [-0.15, -0.1) is 0 Å². The van der Waals surface area contributed by atoms with E-state index in [1.807, 2.05) is 0 Å². The van der Waals surface area contributed by atoms with Gasteiger partial charge in [0.25, 0.3) is 5.91 Å². The fourth-order valence-corrected chi connectivity index (χ4v) is 2.13. The van der Waals surface area contributed by atoms with Crippen molar-refractivity contribution in [2.24, 2.45) is 0 Å². The van der Waals surface area contributed by atoms with Crippen LogP contribution in [0.1, 0.15) is 10.4 Å². The number of halogens is 9. The van der Waals surface area contributed by atoms with Crippen LogP contribution in [-0.2, 0) is 0 Å². The minimum absolute atomic E-state index is 0.188. The molecule has 2 rings (SSSR count). The van der Waals surface area contributed by atoms with E-state index < -0.39 is 61.1 Å². The zero-order chi connectivity index (χ0) is 24.1. The molecular weight excluding hydrogens is 461 g/mol. The number of amides is 1. The number of ether oxygens (including phenoxy) is 2. The highest BCUT2D eigenvalue weighted by molar-refractivity contribution is 6.04. The van der Waals surface area contributed by atoms with Crippen molar-refractivity contribution < 1.29 is 53.8 Å². The third-order valence-electron chi connectivity index (χ3n) is 3.73. The van der Waals surface area contributed by atoms with Crippen LogP contribution in [0.2, 0.25) is 0 Å². The van der Waals surface area contributed by atoms with Gasteiger partial charge in [-0.1, -0.05) is 6.07 Å². The van der Waals surface area contributed by atoms with Crippen LogP contribution >= 0.6 is 0 Å². The van der Waals surface area contributed by atoms with Crippen LogP contribution in [0, 0.1) is 5.82 Å². The van der Waals surface area contributed by atoms with Crippen molar-refractivity contribution in [3.63, 3.8) is 0 Å². The Morgan fingerprint density at radius 2 is 1.34 bits per heavy atom. The second-order valence-electron chi connectivity index (χ2n) is 6.36. The maximum atomic E-state index is 13.3. The summed E-state index contributed by atoms with van der Waals surface area (Å²) < 4.78 is 124. The van der Waals surface area contributed by atoms with E-state index in [2.05, 4.69) is 14.8 Å². The van der Waals surface area contributed by atoms with Crippen LogP contribution in [-0.4, -0.2) is 43.8 Å². The molecule has 0 fully saturated rings. The molecule has 0 saturated carbocycles. The zero-order valence-corrected chi connectivity index (χ0v) is 15.7. The molecular formula is C19H14F9NO3. The van der Waals surface area contributed by atoms with Gasteiger partial charge >= 0.3 is 24.7 Å². The van der Waals surface area contributed by atoms with Crippen molar-refractivity contribution in [3.8, 4) is 11.5 Å². The first kappa shape index (κ1) is 25.1. The maximum absolute atomic E-state index is 13.3. The Hall–Kier alpha value is -3.12. The first-order valence-corrected chi connectivity index (χ1v) is 8.60. The smallest absolute Gasteiger partial charge is 0.340 e. The number of anilines is 1. The second kappa shape index (κ2) is 10.0. The lowest BCUT2D eigenvalue weighted by molar-refractivity contribution is -0.149. The van der Waals surface area contributed by atoms with Gasteiger partial charge < -0.3 is 14.8 Å². The summed E-state index contributed by atoms with van der Waals surface area (Å²) in [7, 11) is 0. The van der Waals surface area contributed by atoms with Crippen LogP contribution < -0.4 is 14.8 Å². The molecule has 2 aromatic carbocycles. The molecule has 0 radical (unpaired) electrons. The molecule has 0 heterocycles. The summed E-state index contributed by atoms with van der Waals surface area (Å²) in [5, 5.41) is 2.17. The Kier molecular flexibility index (Phi) is 7.86. The summed E-state index contributed by atoms with van der Waals surface area (Å²) in [6.45, 7) is -3.64. The van der Waals surface area contributed by atoms with Crippen molar-refractivity contribution in [1.29, 1.82) is 0 Å². The highest BCUT2D eigenvalue weighted by Gasteiger charge is 2.42. The minimum atomic E-state index is -4.56. The summed E-state index contributed by atoms with van der Waals surface area (Å²) in [5.74, 6) is -12.1. The number of carbonyl (C=O) groups is 1. The fraction of sp³-hybridized carbons (Fsp3) is 0.316. The van der Waals surface area contributed by atoms with E-state index in [9.17, 15) is 44.3 Å². The van der Waals surface area contributed by atoms with Crippen LogP contribution in [0.15, 0.2) is 42.5 Å². The summed E-state index contributed by atoms with van der Waals surface area (Å²) >= 11 is 0. The Bertz CT molecular complexity index is 896. The highest BCUT2D eigenvalue weighted by Crippen LogP contribution is 2.31. The SMILES string of the molecule is O=C(Nc1cc(OCC(F)(F)C(F)F)cc(OCC(F)(F)C(F)F)c1)c1cccc(F)c1. The summed E-state index contributed by atoms with van der Waals surface area (Å²) in [5.41, 5.74) is -0.514. The molecule has 1 amide bonds. The van der Waals surface area contributed by atoms with E-state index in [-0.39, 0.29) is 11.3 Å². The Labute approximate surface area is 174 Å². The van der Waals surface area contributed by atoms with Gasteiger partial charge in [0.1, 0.15) is 17.3 Å². The first-order chi connectivity index (χ1) is 14.8. The average molecular weight is 475 g/mol. The molecule has 4 nitrogen and oxygen atoms in total. The number of hydrogen-bond donors (Lipinski definition) is 1. The number of carbonyl (C=O) groups excluding carboxylic acids is 1. The van der Waals surface area contributed by atoms with Gasteiger partial charge in [0.15, 0.2) is 13.2 Å². The molecule has 0 aliphatic rings. The number of alkyl halides is 8. The number of hydrogen-bond acceptors (Lipinski definition) is 3. The molecule has 0 aromatic heterocycles. The lowest BCUT2D eigenvalue weighted by Crippen LogP contribution is -2.34. The lowest BCUT2D eigenvalue weighted by Gasteiger charge is -2.19. The normalized spacial score (nSPS) is 12.2. The third kappa shape index (κ3) is 6.95. The van der Waals surface area contributed by atoms with Crippen molar-refractivity contribution in [2.75, 3.05) is 18.5 Å². The fourth-order valence-electron chi connectivity index (χ4n) is 2.13. The van der Waals surface area contributed by atoms with Gasteiger partial charge in [0.2, 0.25) is 0 Å². The number of nitrogens with one attached hydrogen (secondary N) is 1. The van der Waals surface area contributed by atoms with Crippen molar-refractivity contribution >= 4 is 11.6 Å². The van der Waals surface area contributed by atoms with Crippen LogP contribution in [0.25, 0.3) is 0 Å². The van der Waals surface area contributed by atoms with E-state index in [0.29, 0.717) is 6.07 Å². The van der Waals surface area contributed by atoms with E-state index >= 15 is 0 Å². The predicted octanol–water partition coefficient (Wildman–Crippen LogP) is 5.64. The number of rotatable bonds is 10. The minimum Gasteiger partial charge on any atom is -0.487 e. The van der Waals surface area contributed by atoms with Crippen LogP contribution in [0.5, 0.6) is 11.5 Å². The molecule has 0 aliphatic carbocycles. The highest BCUT2D eigenvalue weighted by atomic mass is 19.3. The Morgan fingerprint density at radius 1 is 0.844 bits per heavy atom. The van der Waals surface area contributed by atoms with Gasteiger partial charge in [-0.05, 0) is 18.2 Å². The molecule has 13 heteroatoms. The topological polar surface area (TPSA) is 47.6 Å². The lowest BCUT2D eigenvalue weighted by atomic mass is 10.2. The molecule has 2 aromatic rings. The molecule has 0 aliphatic heterocycles. The van der Waals surface area contributed by atoms with Gasteiger partial charge in [-0.25, -0.2) is 22.0 Å². The molecule has 0 bridgehead atoms. The Morgan fingerprint density at radius 3 is 1.78 bits per heavy atom. The molecule has 1 N–H and O–H groups in total. The largest absolute Gasteiger partial charge is 0.487 e. The third-order valence-corrected chi connectivity index (χ3v) is 3.73. The van der Waals surface area contributed by atoms with Gasteiger partial charge in [-0.2, -0.15) is 17.6 Å². The van der Waals surface area contributed by atoms with E-state index in [1.54, 1.807) is 0 Å². The summed E-state index contributed by atoms with van der Waals surface area (Å²) in [6.07, 6.45) is -8.14. The van der Waals surface area contributed by atoms with Crippen LogP contribution in [0.3, 0.4) is 0 Å². The van der Waals surface area contributed by atoms with Crippen LogP contribution in [0.4, 0.5) is 45.2 Å². The van der Waals surface area contributed by atoms with Crippen molar-refractivity contribution in [2.45, 2.75) is 24.7 Å². The average Bonchev–Trinajstić information content (AvgIpc) is 2.70. The quantitative estimate of drug-likeness (QED) is 0.453. The monoisotopic (exact) mass is 475 g/mol. The molecule has 176 valence electrons. The van der Waals surface area contributed by atoms with Gasteiger partial charge in [0.05, 0.1) is 0 Å². The first-order valence-electron chi connectivity index (χ1n) is 8.60. The van der Waals surface area contributed by atoms with Crippen molar-refractivity contribution in [1.82, 2.24) is 0 Å². The molecule has 0 unspecified atom stereocenters. The Balaban J connectivity index is 2.27. The molecule has 0 spiro atoms. The predicted molar refractivity (Wildman–Crippen MR) is 93.7 cm³/mol. The molecule has 0 saturated heterocycles. The molecule has 32 heavy (non-hydrogen) atoms. The molecule has 0 atom stereocenters. The van der Waals surface area contributed by atoms with Gasteiger partial charge in [-0.3, -0.25) is 4.79 Å². The van der Waals surface area contributed by atoms with E-state index in [0.717, 1.165) is 24.3 Å².